The molecule has 1 saturated carbocycles. The second-order valence-corrected chi connectivity index (χ2v) is 9.05. The Morgan fingerprint density at radius 2 is 1.88 bits per heavy atom. The van der Waals surface area contributed by atoms with Crippen molar-refractivity contribution in [3.63, 3.8) is 0 Å². The molecule has 8 nitrogen and oxygen atoms in total. The number of allylic oxidation sites excluding steroid dienone is 1. The quantitative estimate of drug-likeness (QED) is 0.355. The lowest BCUT2D eigenvalue weighted by molar-refractivity contribution is -0.127. The molecular formula is C24H34N4O4S. The summed E-state index contributed by atoms with van der Waals surface area (Å²) in [5, 5.41) is 9.65. The van der Waals surface area contributed by atoms with Crippen LogP contribution < -0.4 is 14.2 Å². The molecule has 0 aliphatic heterocycles. The molecule has 1 fully saturated rings. The van der Waals surface area contributed by atoms with E-state index in [1.165, 1.54) is 31.0 Å². The summed E-state index contributed by atoms with van der Waals surface area (Å²) in [7, 11) is 6.50. The molecule has 0 unspecified atom stereocenters. The molecule has 0 spiro atoms. The number of rotatable bonds is 11. The minimum atomic E-state index is -0.00999. The van der Waals surface area contributed by atoms with E-state index in [0.717, 1.165) is 29.4 Å². The van der Waals surface area contributed by atoms with Gasteiger partial charge in [-0.25, -0.2) is 0 Å². The average Bonchev–Trinajstić information content (AvgIpc) is 3.25. The fourth-order valence-corrected chi connectivity index (χ4v) is 5.13. The van der Waals surface area contributed by atoms with Crippen LogP contribution in [0.25, 0.3) is 0 Å². The van der Waals surface area contributed by atoms with E-state index in [4.69, 9.17) is 14.2 Å². The molecule has 9 heteroatoms. The van der Waals surface area contributed by atoms with Crippen LogP contribution in [0, 0.1) is 0 Å². The summed E-state index contributed by atoms with van der Waals surface area (Å²) in [5.41, 5.74) is 0.838. The monoisotopic (exact) mass is 474 g/mol. The third-order valence-electron chi connectivity index (χ3n) is 5.97. The molecule has 1 aromatic carbocycles. The lowest BCUT2D eigenvalue weighted by Crippen LogP contribution is -2.28. The molecule has 1 aliphatic carbocycles. The lowest BCUT2D eigenvalue weighted by atomic mass is 9.89. The number of carbonyl (C=O) groups excluding carboxylic acids is 1. The molecule has 0 saturated heterocycles. The van der Waals surface area contributed by atoms with Gasteiger partial charge in [0, 0.05) is 31.6 Å². The van der Waals surface area contributed by atoms with Crippen molar-refractivity contribution in [3.05, 3.63) is 36.2 Å². The Labute approximate surface area is 200 Å². The molecule has 1 amide bonds. The van der Waals surface area contributed by atoms with Gasteiger partial charge >= 0.3 is 0 Å². The summed E-state index contributed by atoms with van der Waals surface area (Å²) in [4.78, 5) is 14.6. The maximum atomic E-state index is 12.9. The number of aromatic nitrogens is 3. The van der Waals surface area contributed by atoms with Crippen molar-refractivity contribution in [3.8, 4) is 17.2 Å². The summed E-state index contributed by atoms with van der Waals surface area (Å²) >= 11 is 1.42. The van der Waals surface area contributed by atoms with Crippen molar-refractivity contribution in [2.75, 3.05) is 34.1 Å². The smallest absolute Gasteiger partial charge is 0.233 e. The summed E-state index contributed by atoms with van der Waals surface area (Å²) < 4.78 is 18.4. The average molecular weight is 475 g/mol. The minimum Gasteiger partial charge on any atom is -0.493 e. The predicted octanol–water partition coefficient (Wildman–Crippen LogP) is 4.29. The summed E-state index contributed by atoms with van der Waals surface area (Å²) in [5.74, 6) is 3.38. The number of amides is 1. The van der Waals surface area contributed by atoms with E-state index in [1.54, 1.807) is 33.3 Å². The number of hydrogen-bond acceptors (Lipinski definition) is 7. The maximum absolute atomic E-state index is 12.9. The highest BCUT2D eigenvalue weighted by atomic mass is 32.2. The van der Waals surface area contributed by atoms with Gasteiger partial charge in [-0.05, 0) is 25.0 Å². The Hall–Kier alpha value is -2.68. The Balaban J connectivity index is 1.67. The number of thioether (sulfide) groups is 1. The summed E-state index contributed by atoms with van der Waals surface area (Å²) in [6, 6.07) is 3.70. The van der Waals surface area contributed by atoms with E-state index in [9.17, 15) is 4.79 Å². The van der Waals surface area contributed by atoms with E-state index < -0.39 is 0 Å². The van der Waals surface area contributed by atoms with E-state index >= 15 is 0 Å². The number of carbonyl (C=O) groups is 1. The third-order valence-corrected chi connectivity index (χ3v) is 6.92. The fraction of sp³-hybridized carbons (Fsp3) is 0.542. The van der Waals surface area contributed by atoms with Crippen molar-refractivity contribution >= 4 is 17.7 Å². The first kappa shape index (κ1) is 25.0. The van der Waals surface area contributed by atoms with Gasteiger partial charge in [-0.15, -0.1) is 16.8 Å². The van der Waals surface area contributed by atoms with Crippen LogP contribution in [0.1, 0.15) is 49.4 Å². The third kappa shape index (κ3) is 5.82. The highest BCUT2D eigenvalue weighted by Crippen LogP contribution is 2.40. The van der Waals surface area contributed by atoms with Crippen LogP contribution in [0.4, 0.5) is 0 Å². The highest BCUT2D eigenvalue weighted by molar-refractivity contribution is 7.99. The Morgan fingerprint density at radius 1 is 1.15 bits per heavy atom. The van der Waals surface area contributed by atoms with Gasteiger partial charge in [-0.3, -0.25) is 4.79 Å². The van der Waals surface area contributed by atoms with Crippen LogP contribution in [-0.2, 0) is 17.9 Å². The van der Waals surface area contributed by atoms with E-state index in [0.29, 0.717) is 36.3 Å². The van der Waals surface area contributed by atoms with Gasteiger partial charge in [0.15, 0.2) is 16.7 Å². The zero-order valence-electron chi connectivity index (χ0n) is 20.0. The van der Waals surface area contributed by atoms with Gasteiger partial charge in [-0.1, -0.05) is 37.1 Å². The molecule has 1 heterocycles. The van der Waals surface area contributed by atoms with Crippen LogP contribution in [0.15, 0.2) is 29.9 Å². The second-order valence-electron chi connectivity index (χ2n) is 8.11. The second kappa shape index (κ2) is 12.0. The van der Waals surface area contributed by atoms with Crippen molar-refractivity contribution in [1.29, 1.82) is 0 Å². The van der Waals surface area contributed by atoms with Crippen molar-refractivity contribution in [2.45, 2.75) is 56.3 Å². The SMILES string of the molecule is C=CCn1c(SCC(=O)N(C)Cc2ccc(OC)c(OC)c2OC)nnc1C1CCCCC1. The number of ether oxygens (including phenoxy) is 3. The Kier molecular flexibility index (Phi) is 9.05. The van der Waals surface area contributed by atoms with Crippen molar-refractivity contribution < 1.29 is 19.0 Å². The van der Waals surface area contributed by atoms with Crippen LogP contribution in [0.3, 0.4) is 0 Å². The van der Waals surface area contributed by atoms with Gasteiger partial charge in [-0.2, -0.15) is 0 Å². The first-order chi connectivity index (χ1) is 16.0. The highest BCUT2D eigenvalue weighted by Gasteiger charge is 2.24. The summed E-state index contributed by atoms with van der Waals surface area (Å²) in [6.07, 6.45) is 7.91. The van der Waals surface area contributed by atoms with Crippen molar-refractivity contribution in [2.24, 2.45) is 0 Å². The molecule has 1 aliphatic rings. The Morgan fingerprint density at radius 3 is 2.52 bits per heavy atom. The molecule has 0 N–H and O–H groups in total. The number of methoxy groups -OCH3 is 3. The largest absolute Gasteiger partial charge is 0.493 e. The van der Waals surface area contributed by atoms with Gasteiger partial charge in [0.25, 0.3) is 0 Å². The molecule has 3 rings (SSSR count). The van der Waals surface area contributed by atoms with Crippen molar-refractivity contribution in [1.82, 2.24) is 19.7 Å². The first-order valence-electron chi connectivity index (χ1n) is 11.2. The topological polar surface area (TPSA) is 78.7 Å². The minimum absolute atomic E-state index is 0.00999. The lowest BCUT2D eigenvalue weighted by Gasteiger charge is -2.22. The summed E-state index contributed by atoms with van der Waals surface area (Å²) in [6.45, 7) is 4.92. The van der Waals surface area contributed by atoms with Gasteiger partial charge in [0.05, 0.1) is 27.1 Å². The fourth-order valence-electron chi connectivity index (χ4n) is 4.24. The normalized spacial score (nSPS) is 14.1. The number of hydrogen-bond donors (Lipinski definition) is 0. The zero-order valence-corrected chi connectivity index (χ0v) is 20.8. The molecule has 180 valence electrons. The maximum Gasteiger partial charge on any atom is 0.233 e. The van der Waals surface area contributed by atoms with Gasteiger partial charge < -0.3 is 23.7 Å². The molecule has 0 bridgehead atoms. The van der Waals surface area contributed by atoms with Crippen LogP contribution in [0.5, 0.6) is 17.2 Å². The predicted molar refractivity (Wildman–Crippen MR) is 129 cm³/mol. The molecule has 2 aromatic rings. The van der Waals surface area contributed by atoms with E-state index in [1.807, 2.05) is 18.2 Å². The van der Waals surface area contributed by atoms with Gasteiger partial charge in [0.1, 0.15) is 5.82 Å². The first-order valence-corrected chi connectivity index (χ1v) is 12.2. The van der Waals surface area contributed by atoms with Crippen LogP contribution >= 0.6 is 11.8 Å². The molecular weight excluding hydrogens is 440 g/mol. The van der Waals surface area contributed by atoms with Gasteiger partial charge in [0.2, 0.25) is 11.7 Å². The number of nitrogens with zero attached hydrogens (tertiary/aromatic N) is 4. The molecule has 1 aromatic heterocycles. The van der Waals surface area contributed by atoms with Crippen LogP contribution in [0.2, 0.25) is 0 Å². The Bertz CT molecular complexity index is 956. The number of benzene rings is 1. The standard InChI is InChI=1S/C24H34N4O4S/c1-6-14-28-23(17-10-8-7-9-11-17)25-26-24(28)33-16-20(29)27(2)15-18-12-13-19(30-3)22(32-5)21(18)31-4/h6,12-13,17H,1,7-11,14-16H2,2-5H3. The van der Waals surface area contributed by atoms with E-state index in [2.05, 4.69) is 21.3 Å². The zero-order chi connectivity index (χ0) is 23.8. The van der Waals surface area contributed by atoms with E-state index in [-0.39, 0.29) is 11.7 Å². The van der Waals surface area contributed by atoms with Crippen LogP contribution in [-0.4, -0.2) is 59.7 Å². The molecule has 0 radical (unpaired) electrons. The molecule has 33 heavy (non-hydrogen) atoms. The molecule has 0 atom stereocenters.